The van der Waals surface area contributed by atoms with Gasteiger partial charge in [-0.3, -0.25) is 0 Å². The molecule has 0 unspecified atom stereocenters. The molecule has 3 nitrogen and oxygen atoms in total. The number of hydrogen-bond acceptors (Lipinski definition) is 4. The smallest absolute Gasteiger partial charge is 0.119 e. The predicted octanol–water partition coefficient (Wildman–Crippen LogP) is 2.57. The number of aliphatic hydroxyl groups excluding tert-OH is 1. The zero-order valence-corrected chi connectivity index (χ0v) is 9.79. The fourth-order valence-corrected chi connectivity index (χ4v) is 2.48. The van der Waals surface area contributed by atoms with Gasteiger partial charge < -0.3 is 10.2 Å². The minimum absolute atomic E-state index is 0.0313. The van der Waals surface area contributed by atoms with Crippen LogP contribution in [0.1, 0.15) is 16.8 Å². The molecule has 0 saturated heterocycles. The Morgan fingerprint density at radius 1 is 1.38 bits per heavy atom. The molecule has 0 radical (unpaired) electrons. The van der Waals surface area contributed by atoms with Crippen molar-refractivity contribution in [2.24, 2.45) is 0 Å². The van der Waals surface area contributed by atoms with Crippen LogP contribution in [0.15, 0.2) is 24.3 Å². The highest BCUT2D eigenvalue weighted by Crippen LogP contribution is 2.30. The summed E-state index contributed by atoms with van der Waals surface area (Å²) < 4.78 is 0. The molecular weight excluding hydrogens is 222 g/mol. The van der Waals surface area contributed by atoms with Crippen molar-refractivity contribution in [3.05, 3.63) is 34.2 Å². The van der Waals surface area contributed by atoms with Crippen LogP contribution in [0.3, 0.4) is 0 Å². The third-order valence-electron chi connectivity index (χ3n) is 2.32. The highest BCUT2D eigenvalue weighted by atomic mass is 32.1. The zero-order valence-electron chi connectivity index (χ0n) is 8.97. The molecule has 1 aromatic carbocycles. The van der Waals surface area contributed by atoms with E-state index in [2.05, 4.69) is 11.9 Å². The number of nitrogens with zero attached hydrogens (tertiary/aromatic N) is 1. The Bertz CT molecular complexity index is 494. The second-order valence-electron chi connectivity index (χ2n) is 3.44. The van der Waals surface area contributed by atoms with Gasteiger partial charge in [0.1, 0.15) is 10.8 Å². The standard InChI is InChI=1S/C12H13NO2S/c1-2-10-12(13-11(7-14)16-10)8-4-3-5-9(15)6-8/h3-6,14-15H,2,7H2,1H3. The molecule has 0 atom stereocenters. The molecule has 1 heterocycles. The van der Waals surface area contributed by atoms with Crippen LogP contribution in [0.4, 0.5) is 0 Å². The summed E-state index contributed by atoms with van der Waals surface area (Å²) >= 11 is 1.52. The molecule has 0 fully saturated rings. The Hall–Kier alpha value is -1.39. The van der Waals surface area contributed by atoms with Crippen LogP contribution in [0, 0.1) is 0 Å². The first-order chi connectivity index (χ1) is 7.74. The maximum absolute atomic E-state index is 9.43. The number of thiazole rings is 1. The van der Waals surface area contributed by atoms with Gasteiger partial charge in [-0.25, -0.2) is 4.98 Å². The number of aliphatic hydroxyl groups is 1. The molecular formula is C12H13NO2S. The van der Waals surface area contributed by atoms with Gasteiger partial charge in [-0.15, -0.1) is 11.3 Å². The van der Waals surface area contributed by atoms with Crippen molar-refractivity contribution < 1.29 is 10.2 Å². The number of aromatic hydroxyl groups is 1. The summed E-state index contributed by atoms with van der Waals surface area (Å²) in [4.78, 5) is 5.50. The van der Waals surface area contributed by atoms with E-state index in [0.29, 0.717) is 0 Å². The molecule has 0 aliphatic heterocycles. The van der Waals surface area contributed by atoms with Crippen molar-refractivity contribution in [1.29, 1.82) is 0 Å². The summed E-state index contributed by atoms with van der Waals surface area (Å²) in [7, 11) is 0. The Morgan fingerprint density at radius 2 is 2.19 bits per heavy atom. The maximum atomic E-state index is 9.43. The fourth-order valence-electron chi connectivity index (χ4n) is 1.59. The van der Waals surface area contributed by atoms with Gasteiger partial charge in [0.05, 0.1) is 12.3 Å². The van der Waals surface area contributed by atoms with Crippen molar-refractivity contribution in [1.82, 2.24) is 4.98 Å². The zero-order chi connectivity index (χ0) is 11.5. The summed E-state index contributed by atoms with van der Waals surface area (Å²) in [5, 5.41) is 19.2. The number of aromatic nitrogens is 1. The summed E-state index contributed by atoms with van der Waals surface area (Å²) in [5.41, 5.74) is 1.76. The third-order valence-corrected chi connectivity index (χ3v) is 3.50. The van der Waals surface area contributed by atoms with E-state index in [0.717, 1.165) is 27.6 Å². The van der Waals surface area contributed by atoms with Gasteiger partial charge in [-0.2, -0.15) is 0 Å². The van der Waals surface area contributed by atoms with E-state index in [1.165, 1.54) is 11.3 Å². The Balaban J connectivity index is 2.50. The Kier molecular flexibility index (Phi) is 3.22. The van der Waals surface area contributed by atoms with Crippen molar-refractivity contribution in [3.8, 4) is 17.0 Å². The molecule has 1 aromatic heterocycles. The van der Waals surface area contributed by atoms with E-state index in [1.807, 2.05) is 6.07 Å². The lowest BCUT2D eigenvalue weighted by Gasteiger charge is -2.00. The maximum Gasteiger partial charge on any atom is 0.119 e. The molecule has 0 bridgehead atoms. The van der Waals surface area contributed by atoms with Crippen LogP contribution in [0.2, 0.25) is 0 Å². The number of hydrogen-bond donors (Lipinski definition) is 2. The van der Waals surface area contributed by atoms with E-state index in [9.17, 15) is 5.11 Å². The van der Waals surface area contributed by atoms with Gasteiger partial charge >= 0.3 is 0 Å². The topological polar surface area (TPSA) is 53.4 Å². The first-order valence-electron chi connectivity index (χ1n) is 5.13. The van der Waals surface area contributed by atoms with Gasteiger partial charge in [0, 0.05) is 10.4 Å². The summed E-state index contributed by atoms with van der Waals surface area (Å²) in [6.45, 7) is 2.03. The third kappa shape index (κ3) is 2.08. The summed E-state index contributed by atoms with van der Waals surface area (Å²) in [6, 6.07) is 7.03. The van der Waals surface area contributed by atoms with E-state index < -0.39 is 0 Å². The van der Waals surface area contributed by atoms with Crippen LogP contribution in [0.25, 0.3) is 11.3 Å². The first-order valence-corrected chi connectivity index (χ1v) is 5.95. The van der Waals surface area contributed by atoms with E-state index in [4.69, 9.17) is 5.11 Å². The highest BCUT2D eigenvalue weighted by molar-refractivity contribution is 7.12. The van der Waals surface area contributed by atoms with Gasteiger partial charge in [0.2, 0.25) is 0 Å². The second kappa shape index (κ2) is 4.63. The summed E-state index contributed by atoms with van der Waals surface area (Å²) in [5.74, 6) is 0.234. The molecule has 0 amide bonds. The van der Waals surface area contributed by atoms with Crippen molar-refractivity contribution in [2.45, 2.75) is 20.0 Å². The van der Waals surface area contributed by atoms with Gasteiger partial charge in [0.15, 0.2) is 0 Å². The van der Waals surface area contributed by atoms with Crippen LogP contribution in [0.5, 0.6) is 5.75 Å². The molecule has 0 aliphatic rings. The molecule has 4 heteroatoms. The molecule has 0 saturated carbocycles. The number of aryl methyl sites for hydroxylation is 1. The fraction of sp³-hybridized carbons (Fsp3) is 0.250. The lowest BCUT2D eigenvalue weighted by Crippen LogP contribution is -1.84. The number of benzene rings is 1. The number of phenols is 1. The second-order valence-corrected chi connectivity index (χ2v) is 4.61. The monoisotopic (exact) mass is 235 g/mol. The first kappa shape index (κ1) is 11.1. The highest BCUT2D eigenvalue weighted by Gasteiger charge is 2.11. The van der Waals surface area contributed by atoms with E-state index in [-0.39, 0.29) is 12.4 Å². The lowest BCUT2D eigenvalue weighted by atomic mass is 10.1. The molecule has 0 aliphatic carbocycles. The average Bonchev–Trinajstić information content (AvgIpc) is 2.72. The van der Waals surface area contributed by atoms with Gasteiger partial charge in [-0.05, 0) is 18.6 Å². The Labute approximate surface area is 98.0 Å². The molecule has 16 heavy (non-hydrogen) atoms. The van der Waals surface area contributed by atoms with Gasteiger partial charge in [-0.1, -0.05) is 19.1 Å². The summed E-state index contributed by atoms with van der Waals surface area (Å²) in [6.07, 6.45) is 0.878. The molecule has 2 rings (SSSR count). The van der Waals surface area contributed by atoms with Gasteiger partial charge in [0.25, 0.3) is 0 Å². The molecule has 0 spiro atoms. The van der Waals surface area contributed by atoms with E-state index in [1.54, 1.807) is 18.2 Å². The SMILES string of the molecule is CCc1sc(CO)nc1-c1cccc(O)c1. The average molecular weight is 235 g/mol. The lowest BCUT2D eigenvalue weighted by molar-refractivity contribution is 0.281. The van der Waals surface area contributed by atoms with Crippen LogP contribution >= 0.6 is 11.3 Å². The normalized spacial score (nSPS) is 10.6. The molecule has 84 valence electrons. The number of rotatable bonds is 3. The van der Waals surface area contributed by atoms with Crippen molar-refractivity contribution in [3.63, 3.8) is 0 Å². The van der Waals surface area contributed by atoms with E-state index >= 15 is 0 Å². The van der Waals surface area contributed by atoms with Crippen molar-refractivity contribution >= 4 is 11.3 Å². The van der Waals surface area contributed by atoms with Crippen molar-refractivity contribution in [2.75, 3.05) is 0 Å². The largest absolute Gasteiger partial charge is 0.508 e. The van der Waals surface area contributed by atoms with Crippen LogP contribution in [-0.4, -0.2) is 15.2 Å². The molecule has 2 aromatic rings. The quantitative estimate of drug-likeness (QED) is 0.859. The minimum Gasteiger partial charge on any atom is -0.508 e. The minimum atomic E-state index is -0.0313. The van der Waals surface area contributed by atoms with Crippen LogP contribution in [-0.2, 0) is 13.0 Å². The molecule has 2 N–H and O–H groups in total. The van der Waals surface area contributed by atoms with Crippen LogP contribution < -0.4 is 0 Å². The number of phenolic OH excluding ortho intramolecular Hbond substituents is 1. The predicted molar refractivity (Wildman–Crippen MR) is 64.5 cm³/mol. The Morgan fingerprint density at radius 3 is 2.81 bits per heavy atom.